The van der Waals surface area contributed by atoms with Gasteiger partial charge in [-0.05, 0) is 111 Å². The number of carbonyl (C=O) groups is 2. The normalized spacial score (nSPS) is 49.6. The van der Waals surface area contributed by atoms with Crippen molar-refractivity contribution in [2.75, 3.05) is 27.4 Å². The summed E-state index contributed by atoms with van der Waals surface area (Å²) >= 11 is 0. The molecule has 8 fully saturated rings. The molecule has 1 aromatic carbocycles. The molecule has 1 aromatic rings. The van der Waals surface area contributed by atoms with Crippen LogP contribution in [-0.2, 0) is 42.7 Å². The Morgan fingerprint density at radius 1 is 0.873 bits per heavy atom. The molecule has 15 heteroatoms. The zero-order valence-corrected chi connectivity index (χ0v) is 38.1. The maximum Gasteiger partial charge on any atom is 0.338 e. The molecule has 3 heterocycles. The van der Waals surface area contributed by atoms with Crippen molar-refractivity contribution in [2.45, 2.75) is 172 Å². The van der Waals surface area contributed by atoms with Crippen LogP contribution in [0.2, 0.25) is 0 Å². The predicted molar refractivity (Wildman–Crippen MR) is 223 cm³/mol. The second-order valence-corrected chi connectivity index (χ2v) is 21.2. The maximum atomic E-state index is 13.5. The summed E-state index contributed by atoms with van der Waals surface area (Å²) in [5, 5.41) is 46.6. The van der Waals surface area contributed by atoms with Crippen LogP contribution in [0.1, 0.15) is 110 Å². The average molecular weight is 887 g/mol. The van der Waals surface area contributed by atoms with Gasteiger partial charge in [-0.2, -0.15) is 0 Å². The number of esters is 2. The fourth-order valence-corrected chi connectivity index (χ4v) is 14.8. The number of fused-ring (bicyclic) bond motifs is 6. The van der Waals surface area contributed by atoms with Crippen LogP contribution in [0.25, 0.3) is 0 Å². The van der Waals surface area contributed by atoms with Crippen molar-refractivity contribution in [1.82, 2.24) is 0 Å². The monoisotopic (exact) mass is 886 g/mol. The van der Waals surface area contributed by atoms with E-state index in [1.807, 2.05) is 14.0 Å². The van der Waals surface area contributed by atoms with E-state index >= 15 is 0 Å². The summed E-state index contributed by atoms with van der Waals surface area (Å²) in [6.45, 7) is 11.6. The van der Waals surface area contributed by atoms with Gasteiger partial charge in [-0.1, -0.05) is 34.6 Å². The molecule has 0 aromatic heterocycles. The van der Waals surface area contributed by atoms with Crippen LogP contribution in [0.4, 0.5) is 0 Å². The minimum atomic E-state index is -1.63. The van der Waals surface area contributed by atoms with E-state index < -0.39 is 90.0 Å². The number of rotatable bonds is 12. The van der Waals surface area contributed by atoms with Gasteiger partial charge in [-0.15, -0.1) is 0 Å². The minimum Gasteiger partial charge on any atom is -0.497 e. The van der Waals surface area contributed by atoms with Gasteiger partial charge in [0.25, 0.3) is 0 Å². The molecule has 0 unspecified atom stereocenters. The second-order valence-electron chi connectivity index (χ2n) is 21.2. The Labute approximate surface area is 370 Å². The molecule has 63 heavy (non-hydrogen) atoms. The number of methoxy groups -OCH3 is 2. The number of hydrogen-bond donors (Lipinski definition) is 4. The molecule has 3 aliphatic heterocycles. The third-order valence-corrected chi connectivity index (χ3v) is 18.1. The minimum absolute atomic E-state index is 0.141. The molecule has 15 nitrogen and oxygen atoms in total. The summed E-state index contributed by atoms with van der Waals surface area (Å²) < 4.78 is 55.7. The van der Waals surface area contributed by atoms with Gasteiger partial charge in [0.15, 0.2) is 24.3 Å². The molecule has 5 aliphatic carbocycles. The van der Waals surface area contributed by atoms with E-state index in [4.69, 9.17) is 42.6 Å². The van der Waals surface area contributed by atoms with Gasteiger partial charge in [-0.3, -0.25) is 4.79 Å². The fraction of sp³-hybridized carbons (Fsp3) is 0.833. The molecule has 8 aliphatic rings. The molecule has 352 valence electrons. The van der Waals surface area contributed by atoms with Crippen molar-refractivity contribution in [3.8, 4) is 5.75 Å². The molecule has 0 amide bonds. The van der Waals surface area contributed by atoms with Crippen molar-refractivity contribution < 1.29 is 72.6 Å². The Hall–Kier alpha value is -2.44. The summed E-state index contributed by atoms with van der Waals surface area (Å²) in [5.74, 6) is -0.737. The van der Waals surface area contributed by atoms with E-state index in [0.717, 1.165) is 25.2 Å². The van der Waals surface area contributed by atoms with Crippen LogP contribution in [-0.4, -0.2) is 133 Å². The first-order valence-electron chi connectivity index (χ1n) is 23.4. The van der Waals surface area contributed by atoms with Gasteiger partial charge < -0.3 is 63.1 Å². The van der Waals surface area contributed by atoms with Gasteiger partial charge in [-0.25, -0.2) is 4.79 Å². The average Bonchev–Trinajstić information content (AvgIpc) is 3.77. The van der Waals surface area contributed by atoms with E-state index in [2.05, 4.69) is 27.7 Å². The Balaban J connectivity index is 0.980. The Morgan fingerprint density at radius 2 is 1.57 bits per heavy atom. The van der Waals surface area contributed by atoms with Gasteiger partial charge in [0.2, 0.25) is 6.29 Å². The highest BCUT2D eigenvalue weighted by Gasteiger charge is 2.81. The third-order valence-electron chi connectivity index (χ3n) is 18.1. The highest BCUT2D eigenvalue weighted by atomic mass is 16.8. The first-order chi connectivity index (χ1) is 29.9. The van der Waals surface area contributed by atoms with Crippen LogP contribution in [0, 0.1) is 51.8 Å². The molecule has 4 N–H and O–H groups in total. The Kier molecular flexibility index (Phi) is 11.9. The number of hydrogen-bond acceptors (Lipinski definition) is 15. The lowest BCUT2D eigenvalue weighted by atomic mass is 9.44. The van der Waals surface area contributed by atoms with Crippen LogP contribution in [0.5, 0.6) is 5.75 Å². The molecule has 0 radical (unpaired) electrons. The third kappa shape index (κ3) is 6.95. The number of aliphatic hydroxyl groups excluding tert-OH is 3. The predicted octanol–water partition coefficient (Wildman–Crippen LogP) is 4.53. The molecular weight excluding hydrogens is 817 g/mol. The van der Waals surface area contributed by atoms with Crippen molar-refractivity contribution in [2.24, 2.45) is 51.8 Å². The van der Waals surface area contributed by atoms with Gasteiger partial charge in [0.1, 0.15) is 35.8 Å². The first-order valence-corrected chi connectivity index (χ1v) is 23.4. The zero-order valence-electron chi connectivity index (χ0n) is 38.1. The zero-order chi connectivity index (χ0) is 45.0. The Bertz CT molecular complexity index is 1860. The highest BCUT2D eigenvalue weighted by molar-refractivity contribution is 5.89. The van der Waals surface area contributed by atoms with E-state index in [0.29, 0.717) is 36.8 Å². The van der Waals surface area contributed by atoms with E-state index in [9.17, 15) is 30.0 Å². The lowest BCUT2D eigenvalue weighted by Crippen LogP contribution is -2.64. The second kappa shape index (κ2) is 16.4. The molecular formula is C48H70O15. The van der Waals surface area contributed by atoms with Crippen molar-refractivity contribution in [1.29, 1.82) is 0 Å². The molecule has 9 rings (SSSR count). The molecule has 1 spiro atoms. The highest BCUT2D eigenvalue weighted by Crippen LogP contribution is 2.83. The Morgan fingerprint density at radius 3 is 2.24 bits per heavy atom. The fourth-order valence-electron chi connectivity index (χ4n) is 14.8. The first kappa shape index (κ1) is 45.7. The number of carbonyl (C=O) groups excluding carboxylic acids is 2. The quantitative estimate of drug-likeness (QED) is 0.214. The smallest absolute Gasteiger partial charge is 0.338 e. The standard InChI is InChI=1S/C48H70O15/c1-24(2)13-18-47(25(3)48(54)36(62-47)20-32-30-19-35(56-8)46-21-28(46)14-16-44(46,5)31(30)15-17-45(32,48)6)63-43-40(59-26(4)49)38(34(51)23-58-43)61-42-39(37(52)33(50)22-57-42)60-41(53)27-9-11-29(55-7)12-10-27/h9-12,24-25,28,30-40,42-43,50-52,54H,13-23H2,1-8H3/t25-,28-,30-,31+,32+,33-,34+,35-,36+,37+,38+,39-,40-,42+,43+,44-,45+,46+,47+,48-/m1/s1. The lowest BCUT2D eigenvalue weighted by Gasteiger charge is -2.62. The topological polar surface area (TPSA) is 198 Å². The summed E-state index contributed by atoms with van der Waals surface area (Å²) in [6, 6.07) is 6.13. The molecule has 20 atom stereocenters. The van der Waals surface area contributed by atoms with Crippen LogP contribution in [0.15, 0.2) is 24.3 Å². The summed E-state index contributed by atoms with van der Waals surface area (Å²) in [7, 11) is 3.38. The number of benzene rings is 1. The van der Waals surface area contributed by atoms with Crippen molar-refractivity contribution in [3.05, 3.63) is 29.8 Å². The molecule has 3 saturated heterocycles. The van der Waals surface area contributed by atoms with Crippen LogP contribution >= 0.6 is 0 Å². The van der Waals surface area contributed by atoms with E-state index in [-0.39, 0.29) is 47.5 Å². The van der Waals surface area contributed by atoms with E-state index in [1.54, 1.807) is 12.1 Å². The van der Waals surface area contributed by atoms with E-state index in [1.165, 1.54) is 45.4 Å². The molecule has 0 bridgehead atoms. The van der Waals surface area contributed by atoms with Crippen molar-refractivity contribution >= 4 is 11.9 Å². The SMILES string of the molecule is COc1ccc(C(=O)O[C@H]2[C@H](O[C@@H]3[C@@H](OC(C)=O)[C@H](O[C@]4(CCC(C)C)O[C@H]5C[C@H]6[C@@H]7C[C@@H](OC)[C@]89C[C@H]8CC[C@]9(C)[C@H]7CC[C@]6(C)[C@@]5(O)[C@@H]4C)OC[C@@H]3O)OC[C@@H](O)[C@@H]2O)cc1. The largest absolute Gasteiger partial charge is 0.497 e. The van der Waals surface area contributed by atoms with Gasteiger partial charge in [0.05, 0.1) is 38.1 Å². The van der Waals surface area contributed by atoms with Gasteiger partial charge >= 0.3 is 11.9 Å². The summed E-state index contributed by atoms with van der Waals surface area (Å²) in [6.07, 6.45) is -3.47. The van der Waals surface area contributed by atoms with Crippen molar-refractivity contribution in [3.63, 3.8) is 0 Å². The summed E-state index contributed by atoms with van der Waals surface area (Å²) in [5.41, 5.74) is -1.08. The van der Waals surface area contributed by atoms with Crippen LogP contribution < -0.4 is 4.74 Å². The van der Waals surface area contributed by atoms with Gasteiger partial charge in [0, 0.05) is 37.2 Å². The van der Waals surface area contributed by atoms with Crippen LogP contribution in [0.3, 0.4) is 0 Å². The number of ether oxygens (including phenoxy) is 9. The number of aliphatic hydroxyl groups is 4. The summed E-state index contributed by atoms with van der Waals surface area (Å²) in [4.78, 5) is 26.2. The molecule has 5 saturated carbocycles. The lowest BCUT2D eigenvalue weighted by molar-refractivity contribution is -0.378. The maximum absolute atomic E-state index is 13.5.